The standard InChI is InChI=1S/C15H26N6/c1-6-7-16-13(8-14-10-20(4)19-17-14)9-15-11(2)18-21(5)12(15)3/h10,13,16H,6-9H2,1-5H3. The Kier molecular flexibility index (Phi) is 5.12. The first-order valence-electron chi connectivity index (χ1n) is 7.59. The van der Waals surface area contributed by atoms with Gasteiger partial charge >= 0.3 is 0 Å². The first-order valence-corrected chi connectivity index (χ1v) is 7.59. The van der Waals surface area contributed by atoms with E-state index in [1.165, 1.54) is 11.3 Å². The zero-order valence-electron chi connectivity index (χ0n) is 13.7. The molecule has 2 aromatic heterocycles. The largest absolute Gasteiger partial charge is 0.313 e. The van der Waals surface area contributed by atoms with Gasteiger partial charge in [-0.25, -0.2) is 0 Å². The maximum atomic E-state index is 4.51. The molecule has 0 aliphatic heterocycles. The summed E-state index contributed by atoms with van der Waals surface area (Å²) in [5.41, 5.74) is 4.74. The molecule has 0 radical (unpaired) electrons. The van der Waals surface area contributed by atoms with E-state index in [1.807, 2.05) is 25.0 Å². The Morgan fingerprint density at radius 3 is 2.52 bits per heavy atom. The summed E-state index contributed by atoms with van der Waals surface area (Å²) in [5.74, 6) is 0. The molecule has 0 saturated carbocycles. The van der Waals surface area contributed by atoms with E-state index in [4.69, 9.17) is 0 Å². The normalized spacial score (nSPS) is 12.8. The number of hydrogen-bond donors (Lipinski definition) is 1. The van der Waals surface area contributed by atoms with Crippen molar-refractivity contribution in [2.24, 2.45) is 14.1 Å². The van der Waals surface area contributed by atoms with Crippen molar-refractivity contribution in [1.29, 1.82) is 0 Å². The van der Waals surface area contributed by atoms with Crippen LogP contribution in [0, 0.1) is 13.8 Å². The summed E-state index contributed by atoms with van der Waals surface area (Å²) in [6, 6.07) is 0.364. The van der Waals surface area contributed by atoms with Crippen LogP contribution in [0.2, 0.25) is 0 Å². The van der Waals surface area contributed by atoms with Crippen molar-refractivity contribution in [3.8, 4) is 0 Å². The van der Waals surface area contributed by atoms with E-state index >= 15 is 0 Å². The Bertz CT molecular complexity index is 583. The number of hydrogen-bond acceptors (Lipinski definition) is 4. The maximum Gasteiger partial charge on any atom is 0.0842 e. The molecule has 0 spiro atoms. The molecule has 0 saturated heterocycles. The van der Waals surface area contributed by atoms with Crippen molar-refractivity contribution in [3.05, 3.63) is 28.8 Å². The second-order valence-electron chi connectivity index (χ2n) is 5.72. The van der Waals surface area contributed by atoms with Gasteiger partial charge in [-0.1, -0.05) is 12.1 Å². The van der Waals surface area contributed by atoms with E-state index in [-0.39, 0.29) is 0 Å². The molecule has 0 amide bonds. The lowest BCUT2D eigenvalue weighted by Gasteiger charge is -2.17. The predicted octanol–water partition coefficient (Wildman–Crippen LogP) is 1.32. The number of aryl methyl sites for hydroxylation is 3. The number of aromatic nitrogens is 5. The molecule has 0 aliphatic rings. The van der Waals surface area contributed by atoms with E-state index in [0.717, 1.165) is 37.2 Å². The van der Waals surface area contributed by atoms with Crippen molar-refractivity contribution < 1.29 is 0 Å². The second-order valence-corrected chi connectivity index (χ2v) is 5.72. The highest BCUT2D eigenvalue weighted by molar-refractivity contribution is 5.25. The van der Waals surface area contributed by atoms with Crippen LogP contribution >= 0.6 is 0 Å². The fourth-order valence-corrected chi connectivity index (χ4v) is 2.67. The predicted molar refractivity (Wildman–Crippen MR) is 83.2 cm³/mol. The average Bonchev–Trinajstić information content (AvgIpc) is 2.94. The molecular formula is C15H26N6. The average molecular weight is 290 g/mol. The summed E-state index contributed by atoms with van der Waals surface area (Å²) in [6.45, 7) is 7.42. The lowest BCUT2D eigenvalue weighted by Crippen LogP contribution is -2.34. The van der Waals surface area contributed by atoms with Gasteiger partial charge in [-0.15, -0.1) is 5.10 Å². The zero-order chi connectivity index (χ0) is 15.4. The molecule has 6 nitrogen and oxygen atoms in total. The summed E-state index contributed by atoms with van der Waals surface area (Å²) < 4.78 is 3.72. The molecular weight excluding hydrogens is 264 g/mol. The molecule has 0 aromatic carbocycles. The summed E-state index contributed by atoms with van der Waals surface area (Å²) in [5, 5.41) is 16.4. The minimum atomic E-state index is 0.364. The molecule has 0 bridgehead atoms. The van der Waals surface area contributed by atoms with E-state index < -0.39 is 0 Å². The summed E-state index contributed by atoms with van der Waals surface area (Å²) in [7, 11) is 3.91. The highest BCUT2D eigenvalue weighted by Gasteiger charge is 2.17. The lowest BCUT2D eigenvalue weighted by atomic mass is 10.0. The van der Waals surface area contributed by atoms with Gasteiger partial charge in [0.1, 0.15) is 0 Å². The first kappa shape index (κ1) is 15.7. The highest BCUT2D eigenvalue weighted by Crippen LogP contribution is 2.15. The Balaban J connectivity index is 2.12. The van der Waals surface area contributed by atoms with Crippen LogP contribution < -0.4 is 5.32 Å². The first-order chi connectivity index (χ1) is 10.0. The van der Waals surface area contributed by atoms with Gasteiger partial charge in [-0.2, -0.15) is 5.10 Å². The molecule has 116 valence electrons. The minimum absolute atomic E-state index is 0.364. The van der Waals surface area contributed by atoms with Gasteiger partial charge < -0.3 is 5.32 Å². The second kappa shape index (κ2) is 6.85. The molecule has 1 unspecified atom stereocenters. The summed E-state index contributed by atoms with van der Waals surface area (Å²) >= 11 is 0. The molecule has 2 rings (SSSR count). The third-order valence-electron chi connectivity index (χ3n) is 3.90. The molecule has 1 N–H and O–H groups in total. The number of nitrogens with one attached hydrogen (secondary N) is 1. The monoisotopic (exact) mass is 290 g/mol. The van der Waals surface area contributed by atoms with E-state index in [1.54, 1.807) is 4.68 Å². The van der Waals surface area contributed by atoms with Crippen LogP contribution in [0.4, 0.5) is 0 Å². The van der Waals surface area contributed by atoms with E-state index in [9.17, 15) is 0 Å². The molecule has 6 heteroatoms. The highest BCUT2D eigenvalue weighted by atomic mass is 15.4. The molecule has 2 heterocycles. The van der Waals surface area contributed by atoms with Crippen molar-refractivity contribution >= 4 is 0 Å². The molecule has 0 aliphatic carbocycles. The van der Waals surface area contributed by atoms with Crippen molar-refractivity contribution in [1.82, 2.24) is 30.1 Å². The van der Waals surface area contributed by atoms with Gasteiger partial charge in [0.25, 0.3) is 0 Å². The van der Waals surface area contributed by atoms with Crippen molar-refractivity contribution in [2.75, 3.05) is 6.54 Å². The molecule has 0 fully saturated rings. The van der Waals surface area contributed by atoms with Crippen LogP contribution in [0.5, 0.6) is 0 Å². The van der Waals surface area contributed by atoms with Crippen LogP contribution in [-0.4, -0.2) is 37.4 Å². The fourth-order valence-electron chi connectivity index (χ4n) is 2.67. The minimum Gasteiger partial charge on any atom is -0.313 e. The van der Waals surface area contributed by atoms with Gasteiger partial charge in [0.15, 0.2) is 0 Å². The number of rotatable bonds is 7. The van der Waals surface area contributed by atoms with Gasteiger partial charge in [-0.05, 0) is 38.8 Å². The maximum absolute atomic E-state index is 4.51. The van der Waals surface area contributed by atoms with Gasteiger partial charge in [0.05, 0.1) is 11.4 Å². The zero-order valence-corrected chi connectivity index (χ0v) is 13.7. The van der Waals surface area contributed by atoms with Gasteiger partial charge in [-0.3, -0.25) is 9.36 Å². The topological polar surface area (TPSA) is 60.6 Å². The van der Waals surface area contributed by atoms with Crippen molar-refractivity contribution in [2.45, 2.75) is 46.1 Å². The summed E-state index contributed by atoms with van der Waals surface area (Å²) in [4.78, 5) is 0. The van der Waals surface area contributed by atoms with Crippen molar-refractivity contribution in [3.63, 3.8) is 0 Å². The van der Waals surface area contributed by atoms with Crippen LogP contribution in [0.3, 0.4) is 0 Å². The molecule has 21 heavy (non-hydrogen) atoms. The van der Waals surface area contributed by atoms with E-state index in [2.05, 4.69) is 41.5 Å². The smallest absolute Gasteiger partial charge is 0.0842 e. The summed E-state index contributed by atoms with van der Waals surface area (Å²) in [6.07, 6.45) is 4.98. The van der Waals surface area contributed by atoms with Crippen LogP contribution in [0.15, 0.2) is 6.20 Å². The quantitative estimate of drug-likeness (QED) is 0.835. The van der Waals surface area contributed by atoms with Crippen LogP contribution in [0.25, 0.3) is 0 Å². The third-order valence-corrected chi connectivity index (χ3v) is 3.90. The third kappa shape index (κ3) is 3.91. The SMILES string of the molecule is CCCNC(Cc1cn(C)nn1)Cc1c(C)nn(C)c1C. The van der Waals surface area contributed by atoms with Crippen LogP contribution in [0.1, 0.15) is 36.0 Å². The Hall–Kier alpha value is -1.69. The van der Waals surface area contributed by atoms with Gasteiger partial charge in [0.2, 0.25) is 0 Å². The molecule has 2 aromatic rings. The van der Waals surface area contributed by atoms with E-state index in [0.29, 0.717) is 6.04 Å². The molecule has 1 atom stereocenters. The fraction of sp³-hybridized carbons (Fsp3) is 0.667. The Labute approximate surface area is 126 Å². The lowest BCUT2D eigenvalue weighted by molar-refractivity contribution is 0.498. The van der Waals surface area contributed by atoms with Crippen LogP contribution in [-0.2, 0) is 26.9 Å². The van der Waals surface area contributed by atoms with Gasteiger partial charge in [0, 0.05) is 38.4 Å². The Morgan fingerprint density at radius 2 is 2.00 bits per heavy atom. The number of nitrogens with zero attached hydrogens (tertiary/aromatic N) is 5. The Morgan fingerprint density at radius 1 is 1.24 bits per heavy atom.